The quantitative estimate of drug-likeness (QED) is 0.0989. The van der Waals surface area contributed by atoms with Crippen LogP contribution in [0.15, 0.2) is 0 Å². The van der Waals surface area contributed by atoms with Gasteiger partial charge >= 0.3 is 67.8 Å². The third kappa shape index (κ3) is 28.8. The van der Waals surface area contributed by atoms with Gasteiger partial charge in [0.05, 0.1) is 0 Å². The van der Waals surface area contributed by atoms with Gasteiger partial charge in [0.15, 0.2) is 0 Å². The van der Waals surface area contributed by atoms with E-state index in [1.807, 2.05) is 4.31 Å². The fraction of sp³-hybridized carbons (Fsp3) is 0.720. The molecule has 3 fully saturated rings. The second-order valence-corrected chi connectivity index (χ2v) is 11.2. The third-order valence-electron chi connectivity index (χ3n) is 5.99. The molecule has 0 aromatic carbocycles. The molecule has 3 aliphatic carbocycles. The van der Waals surface area contributed by atoms with Gasteiger partial charge in [0, 0.05) is 41.8 Å². The van der Waals surface area contributed by atoms with Crippen molar-refractivity contribution in [2.45, 2.75) is 113 Å². The first-order valence-electron chi connectivity index (χ1n) is 10.9. The molecule has 0 N–H and O–H groups in total. The van der Waals surface area contributed by atoms with Crippen molar-refractivity contribution in [2.75, 3.05) is 0 Å². The van der Waals surface area contributed by atoms with Crippen molar-refractivity contribution < 1.29 is 65.4 Å². The van der Waals surface area contributed by atoms with Crippen LogP contribution in [-0.4, -0.2) is 21.3 Å². The van der Waals surface area contributed by atoms with Crippen LogP contribution >= 0.6 is 32.4 Å². The van der Waals surface area contributed by atoms with Gasteiger partial charge in [-0.05, 0) is 79.9 Å². The maximum absolute atomic E-state index is 7.50. The molecule has 0 aromatic rings. The fourth-order valence-corrected chi connectivity index (χ4v) is 9.71. The first kappa shape index (κ1) is 52.7. The van der Waals surface area contributed by atoms with Crippen molar-refractivity contribution in [3.8, 4) is 0 Å². The molecular formula is C25H33MnO6PReS2. The van der Waals surface area contributed by atoms with Crippen LogP contribution in [0.3, 0.4) is 0 Å². The zero-order valence-corrected chi connectivity index (χ0v) is 26.7. The summed E-state index contributed by atoms with van der Waals surface area (Å²) in [6.45, 7) is 27.0. The van der Waals surface area contributed by atoms with Crippen molar-refractivity contribution in [3.63, 3.8) is 0 Å². The van der Waals surface area contributed by atoms with Crippen molar-refractivity contribution in [3.05, 3.63) is 39.9 Å². The van der Waals surface area contributed by atoms with Gasteiger partial charge in [0.25, 0.3) is 0 Å². The van der Waals surface area contributed by atoms with E-state index in [4.69, 9.17) is 27.9 Å². The molecule has 0 amide bonds. The maximum atomic E-state index is 7.50. The van der Waals surface area contributed by atoms with Crippen LogP contribution in [0, 0.1) is 39.9 Å². The van der Waals surface area contributed by atoms with E-state index in [2.05, 4.69) is 64.3 Å². The molecule has 36 heavy (non-hydrogen) atoms. The molecule has 200 valence electrons. The largest absolute Gasteiger partial charge is 0 e. The Bertz CT molecular complexity index is 485. The number of hydrogen-bond acceptors (Lipinski definition) is 2. The summed E-state index contributed by atoms with van der Waals surface area (Å²) in [5.74, 6) is 0. The number of thiocarbonyl (C=S) groups is 2. The Balaban J connectivity index is -0.0000000854. The van der Waals surface area contributed by atoms with Crippen LogP contribution in [0.25, 0.3) is 0 Å². The van der Waals surface area contributed by atoms with Gasteiger partial charge in [0.2, 0.25) is 0 Å². The van der Waals surface area contributed by atoms with Gasteiger partial charge in [-0.1, -0.05) is 65.7 Å². The summed E-state index contributed by atoms with van der Waals surface area (Å²) >= 11 is 7.92. The van der Waals surface area contributed by atoms with E-state index in [1.165, 1.54) is 36.2 Å². The molecule has 0 unspecified atom stereocenters. The normalized spacial score (nSPS) is 15.8. The van der Waals surface area contributed by atoms with E-state index in [0.29, 0.717) is 7.92 Å². The van der Waals surface area contributed by atoms with Crippen molar-refractivity contribution >= 4 is 36.7 Å². The molecule has 11 heteroatoms. The predicted molar refractivity (Wildman–Crippen MR) is 131 cm³/mol. The first-order valence-corrected chi connectivity index (χ1v) is 13.2. The van der Waals surface area contributed by atoms with Gasteiger partial charge in [0.1, 0.15) is 0 Å². The Morgan fingerprint density at radius 3 is 0.722 bits per heavy atom. The molecule has 0 atom stereocenters. The topological polar surface area (TPSA) is 119 Å². The maximum Gasteiger partial charge on any atom is 0 e. The molecule has 0 saturated heterocycles. The minimum Gasteiger partial charge on any atom is 0 e. The monoisotopic (exact) mass is 766 g/mol. The zero-order valence-electron chi connectivity index (χ0n) is 20.3. The van der Waals surface area contributed by atoms with Crippen LogP contribution in [0.5, 0.6) is 0 Å². The Labute approximate surface area is 253 Å². The SMILES string of the molecule is C1CCC(P(C2CCCCC2)C2CCCCC2)CC1.S=C=S.[C-]#[O+].[C-]#[O+].[C-]#[O+].[C-]#[O+].[C-]#[O+].[C-]#[O+].[Mn].[Re]. The van der Waals surface area contributed by atoms with Crippen molar-refractivity contribution in [2.24, 2.45) is 0 Å². The predicted octanol–water partition coefficient (Wildman–Crippen LogP) is 7.25. The van der Waals surface area contributed by atoms with E-state index in [-0.39, 0.29) is 37.5 Å². The summed E-state index contributed by atoms with van der Waals surface area (Å²) in [6.07, 6.45) is 23.6. The van der Waals surface area contributed by atoms with Crippen LogP contribution in [-0.2, 0) is 65.4 Å². The van der Waals surface area contributed by atoms with Gasteiger partial charge < -0.3 is 0 Å². The van der Waals surface area contributed by atoms with Gasteiger partial charge in [-0.25, -0.2) is 0 Å². The van der Waals surface area contributed by atoms with Crippen molar-refractivity contribution in [1.29, 1.82) is 0 Å². The molecule has 0 aromatic heterocycles. The third-order valence-corrected chi connectivity index (χ3v) is 10.1. The molecule has 0 bridgehead atoms. The van der Waals surface area contributed by atoms with Crippen LogP contribution in [0.4, 0.5) is 0 Å². The summed E-state index contributed by atoms with van der Waals surface area (Å²) in [7, 11) is 0.385. The average molecular weight is 766 g/mol. The summed E-state index contributed by atoms with van der Waals surface area (Å²) in [5, 5.41) is 0. The second-order valence-electron chi connectivity index (χ2n) is 7.41. The van der Waals surface area contributed by atoms with Gasteiger partial charge in [-0.2, -0.15) is 0 Å². The van der Waals surface area contributed by atoms with E-state index in [1.54, 1.807) is 77.0 Å². The summed E-state index contributed by atoms with van der Waals surface area (Å²) in [4.78, 5) is 0. The second kappa shape index (κ2) is 51.8. The fourth-order valence-electron chi connectivity index (χ4n) is 5.03. The molecule has 0 heterocycles. The number of rotatable bonds is 3. The summed E-state index contributed by atoms with van der Waals surface area (Å²) in [5.41, 5.74) is 3.57. The van der Waals surface area contributed by atoms with Crippen molar-refractivity contribution in [1.82, 2.24) is 0 Å². The molecule has 6 nitrogen and oxygen atoms in total. The smallest absolute Gasteiger partial charge is 0 e. The molecule has 0 spiro atoms. The standard InChI is InChI=1S/C18H33P.6CO.CS2.Mn.Re/c1-4-10-16(11-5-1)19(17-12-6-2-7-13-17)18-14-8-3-9-15-18;6*1-2;2-1-3;;/h16-18H,1-15H2;;;;;;;;;. The Kier molecular flexibility index (Phi) is 75.8. The Morgan fingerprint density at radius 1 is 0.444 bits per heavy atom. The molecule has 3 aliphatic rings. The van der Waals surface area contributed by atoms with Gasteiger partial charge in [-0.3, -0.25) is 0 Å². The average Bonchev–Trinajstić information content (AvgIpc) is 2.98. The van der Waals surface area contributed by atoms with E-state index < -0.39 is 0 Å². The molecule has 3 saturated carbocycles. The van der Waals surface area contributed by atoms with E-state index in [9.17, 15) is 0 Å². The molecule has 0 aliphatic heterocycles. The first-order chi connectivity index (χ1) is 16.9. The van der Waals surface area contributed by atoms with E-state index >= 15 is 0 Å². The molecule has 3 rings (SSSR count). The number of hydrogen-bond donors (Lipinski definition) is 0. The molecular weight excluding hydrogens is 733 g/mol. The Morgan fingerprint density at radius 2 is 0.583 bits per heavy atom. The van der Waals surface area contributed by atoms with Crippen LogP contribution in [0.1, 0.15) is 96.3 Å². The van der Waals surface area contributed by atoms with E-state index in [0.717, 1.165) is 0 Å². The summed E-state index contributed by atoms with van der Waals surface area (Å²) in [6, 6.07) is 0. The molecule has 2 radical (unpaired) electrons. The van der Waals surface area contributed by atoms with Gasteiger partial charge in [-0.15, -0.1) is 0 Å². The summed E-state index contributed by atoms with van der Waals surface area (Å²) < 4.78 is 46.9. The minimum absolute atomic E-state index is 0. The van der Waals surface area contributed by atoms with Crippen LogP contribution in [0.2, 0.25) is 0 Å². The Hall–Kier alpha value is 0.272. The van der Waals surface area contributed by atoms with Crippen LogP contribution < -0.4 is 0 Å². The minimum atomic E-state index is 0. The zero-order chi connectivity index (χ0) is 27.6.